The molecule has 0 aromatic heterocycles. The first kappa shape index (κ1) is 23.0. The van der Waals surface area contributed by atoms with Crippen molar-refractivity contribution < 1.29 is 61.1 Å². The molecule has 0 heterocycles. The normalized spacial score (nSPS) is 8.64. The molecular formula is H5ClFeNaO7P. The van der Waals surface area contributed by atoms with Crippen molar-refractivity contribution in [2.75, 3.05) is 0 Å². The molecule has 0 aliphatic rings. The Morgan fingerprint density at radius 3 is 1.18 bits per heavy atom. The van der Waals surface area contributed by atoms with Crippen molar-refractivity contribution in [1.82, 2.24) is 0 Å². The largest absolute Gasteiger partial charge is 0.321 e. The van der Waals surface area contributed by atoms with Crippen LogP contribution >= 0.6 is 7.82 Å². The molecule has 4 N–H and O–H groups in total. The van der Waals surface area contributed by atoms with Crippen LogP contribution < -0.4 is 9.32 Å². The number of rotatable bonds is 0. The molecule has 0 unspecified atom stereocenters. The Balaban J connectivity index is -0.0000000383. The first-order chi connectivity index (χ1) is 3.73. The molecule has 11 heavy (non-hydrogen) atoms. The van der Waals surface area contributed by atoms with E-state index in [0.29, 0.717) is 0 Å². The molecule has 7 nitrogen and oxygen atoms in total. The summed E-state index contributed by atoms with van der Waals surface area (Å²) < 4.78 is 32.9. The summed E-state index contributed by atoms with van der Waals surface area (Å²) in [6.07, 6.45) is 0. The van der Waals surface area contributed by atoms with E-state index in [0.717, 1.165) is 0 Å². The molecule has 0 atom stereocenters. The van der Waals surface area contributed by atoms with E-state index >= 15 is 0 Å². The second kappa shape index (κ2) is 11.8. The van der Waals surface area contributed by atoms with E-state index in [1.165, 1.54) is 0 Å². The molecule has 0 bridgehead atoms. The van der Waals surface area contributed by atoms with Crippen LogP contribution in [0.15, 0.2) is 0 Å². The van der Waals surface area contributed by atoms with Crippen LogP contribution in [0.4, 0.5) is 0 Å². The van der Waals surface area contributed by atoms with Gasteiger partial charge in [-0.2, -0.15) is 0 Å². The molecule has 0 aromatic rings. The smallest absolute Gasteiger partial charge is 0.282 e. The quantitative estimate of drug-likeness (QED) is 0.254. The van der Waals surface area contributed by atoms with Crippen LogP contribution in [0.2, 0.25) is 0 Å². The molecular weight excluding hydrogens is 257 g/mol. The summed E-state index contributed by atoms with van der Waals surface area (Å²) in [5, 5.41) is 0. The van der Waals surface area contributed by atoms with Crippen LogP contribution in [0.5, 0.6) is 0 Å². The van der Waals surface area contributed by atoms with Gasteiger partial charge in [0.05, 0.1) is 0 Å². The predicted octanol–water partition coefficient (Wildman–Crippen LogP) is -4.51. The molecule has 68 valence electrons. The Hall–Kier alpha value is 1.80. The van der Waals surface area contributed by atoms with Crippen LogP contribution in [0.1, 0.15) is 0 Å². The van der Waals surface area contributed by atoms with E-state index in [1.54, 1.807) is 0 Å². The Morgan fingerprint density at radius 2 is 1.18 bits per heavy atom. The van der Waals surface area contributed by atoms with Crippen LogP contribution in [0.25, 0.3) is 0 Å². The zero-order valence-electron chi connectivity index (χ0n) is 4.19. The standard InChI is InChI=1S/ClHO3.Fe.Na.H3O4P.H/c2-1(3)4;;;1-5(2,3)4;/h2H;;;(H3,1,2,3,4);. The van der Waals surface area contributed by atoms with Gasteiger partial charge in [-0.15, -0.1) is 0 Å². The zero-order valence-corrected chi connectivity index (χ0v) is 6.95. The summed E-state index contributed by atoms with van der Waals surface area (Å²) >= 11 is 0. The van der Waals surface area contributed by atoms with Crippen LogP contribution in [0, 0.1) is 10.8 Å². The van der Waals surface area contributed by atoms with Gasteiger partial charge < -0.3 is 24.0 Å². The third kappa shape index (κ3) is 350. The number of phosphoric acid groups is 1. The van der Waals surface area contributed by atoms with Crippen molar-refractivity contribution in [3.63, 3.8) is 0 Å². The van der Waals surface area contributed by atoms with E-state index < -0.39 is 18.6 Å². The topological polar surface area (TPSA) is 144 Å². The second-order valence-electron chi connectivity index (χ2n) is 0.714. The minimum Gasteiger partial charge on any atom is -0.321 e. The molecule has 0 spiro atoms. The summed E-state index contributed by atoms with van der Waals surface area (Å²) in [6, 6.07) is 0. The van der Waals surface area contributed by atoms with Gasteiger partial charge in [-0.1, -0.05) is 0 Å². The van der Waals surface area contributed by atoms with Crippen molar-refractivity contribution >= 4 is 37.4 Å². The Labute approximate surface area is 97.8 Å². The van der Waals surface area contributed by atoms with E-state index in [-0.39, 0.29) is 46.6 Å². The van der Waals surface area contributed by atoms with E-state index in [1.807, 2.05) is 0 Å². The van der Waals surface area contributed by atoms with Crippen LogP contribution in [0.3, 0.4) is 0 Å². The average Bonchev–Trinajstić information content (AvgIpc) is 1.19. The molecule has 0 aliphatic carbocycles. The molecule has 0 rings (SSSR count). The second-order valence-corrected chi connectivity index (χ2v) is 2.14. The predicted molar refractivity (Wildman–Crippen MR) is 23.6 cm³/mol. The van der Waals surface area contributed by atoms with Crippen LogP contribution in [-0.4, -0.2) is 48.9 Å². The fourth-order valence-electron chi connectivity index (χ4n) is 0. The molecule has 0 aromatic carbocycles. The first-order valence-corrected chi connectivity index (χ1v) is 3.78. The van der Waals surface area contributed by atoms with Gasteiger partial charge in [0.15, 0.2) is 0 Å². The van der Waals surface area contributed by atoms with Crippen molar-refractivity contribution in [1.29, 1.82) is 0 Å². The molecule has 11 heteroatoms. The third-order valence-corrected chi connectivity index (χ3v) is 0. The van der Waals surface area contributed by atoms with Gasteiger partial charge in [-0.05, 0) is 0 Å². The van der Waals surface area contributed by atoms with Gasteiger partial charge in [0.1, 0.15) is 0 Å². The fraction of sp³-hybridized carbons (Fsp3) is 0. The van der Waals surface area contributed by atoms with Gasteiger partial charge in [0.25, 0.3) is 10.8 Å². The maximum atomic E-state index is 8.88. The van der Waals surface area contributed by atoms with Gasteiger partial charge >= 0.3 is 37.4 Å². The summed E-state index contributed by atoms with van der Waals surface area (Å²) in [4.78, 5) is 21.6. The maximum Gasteiger partial charge on any atom is 0.282 e. The Bertz CT molecular complexity index is 89.6. The van der Waals surface area contributed by atoms with Gasteiger partial charge in [0, 0.05) is 21.7 Å². The molecule has 0 saturated carbocycles. The van der Waals surface area contributed by atoms with E-state index in [9.17, 15) is 0 Å². The number of hydrogen-bond donors (Lipinski definition) is 4. The van der Waals surface area contributed by atoms with Crippen molar-refractivity contribution in [2.24, 2.45) is 0 Å². The number of hydrogen-bond acceptors (Lipinski definition) is 4. The van der Waals surface area contributed by atoms with Crippen molar-refractivity contribution in [3.8, 4) is 0 Å². The van der Waals surface area contributed by atoms with E-state index in [2.05, 4.69) is 0 Å². The number of halogens is 1. The molecule has 0 fully saturated rings. The van der Waals surface area contributed by atoms with Crippen LogP contribution in [-0.2, 0) is 21.6 Å². The summed E-state index contributed by atoms with van der Waals surface area (Å²) in [6.45, 7) is 0. The maximum absolute atomic E-state index is 8.88. The summed E-state index contributed by atoms with van der Waals surface area (Å²) in [7, 11) is -7.24. The third-order valence-electron chi connectivity index (χ3n) is 0. The minimum absolute atomic E-state index is 0. The molecule has 0 saturated heterocycles. The summed E-state index contributed by atoms with van der Waals surface area (Å²) in [5.74, 6) is 0. The Kier molecular flexibility index (Phi) is 24.7. The zero-order chi connectivity index (χ0) is 8.08. The van der Waals surface area contributed by atoms with Gasteiger partial charge in [0.2, 0.25) is 0 Å². The van der Waals surface area contributed by atoms with E-state index in [4.69, 9.17) is 33.2 Å². The van der Waals surface area contributed by atoms with Crippen molar-refractivity contribution in [2.45, 2.75) is 0 Å². The van der Waals surface area contributed by atoms with Gasteiger partial charge in [-0.25, -0.2) is 4.57 Å². The average molecular weight is 262 g/mol. The Morgan fingerprint density at radius 1 is 1.18 bits per heavy atom. The molecule has 0 radical (unpaired) electrons. The minimum atomic E-state index is -4.64. The first-order valence-electron chi connectivity index (χ1n) is 1.26. The van der Waals surface area contributed by atoms with Gasteiger partial charge in [-0.3, -0.25) is 0 Å². The van der Waals surface area contributed by atoms with Crippen molar-refractivity contribution in [3.05, 3.63) is 0 Å². The monoisotopic (exact) mass is 262 g/mol. The fourth-order valence-corrected chi connectivity index (χ4v) is 0. The SMILES string of the molecule is O=P(O)(O)O.[Fe].[NaH].[O-][Cl+2]([O-])O. The molecule has 0 amide bonds. The summed E-state index contributed by atoms with van der Waals surface area (Å²) in [5.41, 5.74) is 0. The molecule has 0 aliphatic heterocycles.